The average molecular weight is 661 g/mol. The molecule has 276 valence electrons. The molecule has 5 heteroatoms. The van der Waals surface area contributed by atoms with Gasteiger partial charge in [-0.3, -0.25) is 0 Å². The zero-order valence-corrected chi connectivity index (χ0v) is 32.2. The summed E-state index contributed by atoms with van der Waals surface area (Å²) in [5.41, 5.74) is 0. The summed E-state index contributed by atoms with van der Waals surface area (Å²) in [6.45, 7) is 7.65. The number of oxime groups is 2. The van der Waals surface area contributed by atoms with Gasteiger partial charge in [0, 0.05) is 12.4 Å². The summed E-state index contributed by atoms with van der Waals surface area (Å²) in [6.07, 6.45) is 50.2. The summed E-state index contributed by atoms with van der Waals surface area (Å²) in [5, 5.41) is 8.33. The third-order valence-corrected chi connectivity index (χ3v) is 9.06. The summed E-state index contributed by atoms with van der Waals surface area (Å²) in [4.78, 5) is 11.0. The highest BCUT2D eigenvalue weighted by Gasteiger charge is 2.14. The fraction of sp³-hybridized carbons (Fsp3) is 0.857. The summed E-state index contributed by atoms with van der Waals surface area (Å²) < 4.78 is 0.841. The van der Waals surface area contributed by atoms with Crippen LogP contribution in [-0.4, -0.2) is 57.3 Å². The van der Waals surface area contributed by atoms with Gasteiger partial charge in [-0.15, -0.1) is 0 Å². The van der Waals surface area contributed by atoms with Gasteiger partial charge in [-0.05, 0) is 77.0 Å². The molecule has 5 nitrogen and oxygen atoms in total. The number of rotatable bonds is 38. The lowest BCUT2D eigenvalue weighted by Crippen LogP contribution is -2.44. The predicted molar refractivity (Wildman–Crippen MR) is 210 cm³/mol. The smallest absolute Gasteiger partial charge is 0.165 e. The summed E-state index contributed by atoms with van der Waals surface area (Å²) in [6, 6.07) is 0. The van der Waals surface area contributed by atoms with Gasteiger partial charge in [-0.2, -0.15) is 0 Å². The van der Waals surface area contributed by atoms with Crippen LogP contribution in [-0.2, 0) is 9.68 Å². The van der Waals surface area contributed by atoms with Gasteiger partial charge in [0.05, 0.1) is 14.1 Å². The fourth-order valence-electron chi connectivity index (χ4n) is 5.62. The Bertz CT molecular complexity index is 659. The van der Waals surface area contributed by atoms with Crippen LogP contribution in [0.5, 0.6) is 0 Å². The van der Waals surface area contributed by atoms with E-state index in [0.717, 1.165) is 30.4 Å². The molecular weight excluding hydrogens is 578 g/mol. The van der Waals surface area contributed by atoms with E-state index in [0.29, 0.717) is 13.2 Å². The molecule has 0 heterocycles. The van der Waals surface area contributed by atoms with E-state index in [1.54, 1.807) is 0 Å². The lowest BCUT2D eigenvalue weighted by atomic mass is 10.1. The van der Waals surface area contributed by atoms with Crippen LogP contribution in [0, 0.1) is 0 Å². The average Bonchev–Trinajstić information content (AvgIpc) is 3.06. The number of nitrogens with zero attached hydrogens (tertiary/aromatic N) is 3. The highest BCUT2D eigenvalue weighted by atomic mass is 16.6. The van der Waals surface area contributed by atoms with Crippen LogP contribution < -0.4 is 0 Å². The number of unbranched alkanes of at least 4 members (excludes halogenated alkanes) is 24. The topological polar surface area (TPSA) is 43.2 Å². The monoisotopic (exact) mass is 661 g/mol. The molecule has 0 spiro atoms. The van der Waals surface area contributed by atoms with Crippen molar-refractivity contribution < 1.29 is 14.2 Å². The van der Waals surface area contributed by atoms with Crippen molar-refractivity contribution in [1.82, 2.24) is 0 Å². The molecule has 47 heavy (non-hydrogen) atoms. The Morgan fingerprint density at radius 1 is 0.383 bits per heavy atom. The van der Waals surface area contributed by atoms with Crippen molar-refractivity contribution in [1.29, 1.82) is 0 Å². The van der Waals surface area contributed by atoms with Crippen LogP contribution in [0.15, 0.2) is 34.6 Å². The predicted octanol–water partition coefficient (Wildman–Crippen LogP) is 13.1. The van der Waals surface area contributed by atoms with E-state index < -0.39 is 0 Å². The number of likely N-dealkylation sites (N-methyl/N-ethyl adjacent to an activating group) is 1. The minimum Gasteiger partial charge on any atom is -0.390 e. The molecule has 0 N–H and O–H groups in total. The SMILES string of the molecule is CCCCCCCC/C=C\CCCCCCC/C=N\OCC[N+](C)(C)CCO/N=C\CCCCCCC/C=C\CCCCCCCC. The lowest BCUT2D eigenvalue weighted by Gasteiger charge is -2.28. The Labute approximate surface area is 294 Å². The van der Waals surface area contributed by atoms with Crippen LogP contribution in [0.3, 0.4) is 0 Å². The lowest BCUT2D eigenvalue weighted by molar-refractivity contribution is -0.891. The zero-order valence-electron chi connectivity index (χ0n) is 32.2. The van der Waals surface area contributed by atoms with Crippen molar-refractivity contribution in [2.75, 3.05) is 40.4 Å². The Morgan fingerprint density at radius 2 is 0.660 bits per heavy atom. The highest BCUT2D eigenvalue weighted by Crippen LogP contribution is 2.11. The van der Waals surface area contributed by atoms with Gasteiger partial charge in [0.25, 0.3) is 0 Å². The first-order chi connectivity index (χ1) is 23.1. The minimum absolute atomic E-state index is 0.634. The molecule has 0 aliphatic carbocycles. The Kier molecular flexibility index (Phi) is 37.5. The van der Waals surface area contributed by atoms with E-state index in [9.17, 15) is 0 Å². The first kappa shape index (κ1) is 45.4. The Morgan fingerprint density at radius 3 is 0.979 bits per heavy atom. The first-order valence-electron chi connectivity index (χ1n) is 20.5. The number of allylic oxidation sites excluding steroid dienone is 4. The van der Waals surface area contributed by atoms with Gasteiger partial charge in [0.2, 0.25) is 0 Å². The standard InChI is InChI=1S/C42H82N3O2/c1-5-7-9-11-13-15-17-19-21-23-25-27-29-31-33-35-37-43-46-41-39-45(3,4)40-42-47-44-38-36-34-32-30-28-26-24-22-20-18-16-14-12-10-8-6-2/h19-22,37-38H,5-18,23-36,39-42H2,1-4H3/q+1/b21-19-,22-20-,43-37-,44-38-. The van der Waals surface area contributed by atoms with Gasteiger partial charge < -0.3 is 14.2 Å². The van der Waals surface area contributed by atoms with Crippen LogP contribution >= 0.6 is 0 Å². The molecule has 0 unspecified atom stereocenters. The van der Waals surface area contributed by atoms with Crippen molar-refractivity contribution in [3.05, 3.63) is 24.3 Å². The second-order valence-electron chi connectivity index (χ2n) is 14.4. The van der Waals surface area contributed by atoms with Crippen molar-refractivity contribution in [2.24, 2.45) is 10.3 Å². The molecule has 0 atom stereocenters. The van der Waals surface area contributed by atoms with Crippen molar-refractivity contribution >= 4 is 12.4 Å². The van der Waals surface area contributed by atoms with Gasteiger partial charge in [-0.1, -0.05) is 151 Å². The fourth-order valence-corrected chi connectivity index (χ4v) is 5.62. The normalized spacial score (nSPS) is 12.5. The van der Waals surface area contributed by atoms with Crippen LogP contribution in [0.4, 0.5) is 0 Å². The molecule has 0 aromatic heterocycles. The molecule has 0 rings (SSSR count). The molecule has 0 aromatic rings. The van der Waals surface area contributed by atoms with Gasteiger partial charge in [-0.25, -0.2) is 0 Å². The molecule has 0 radical (unpaired) electrons. The molecule has 0 bridgehead atoms. The largest absolute Gasteiger partial charge is 0.390 e. The Balaban J connectivity index is 3.43. The third-order valence-electron chi connectivity index (χ3n) is 9.06. The maximum atomic E-state index is 5.51. The summed E-state index contributed by atoms with van der Waals surface area (Å²) in [7, 11) is 4.41. The van der Waals surface area contributed by atoms with Gasteiger partial charge in [0.15, 0.2) is 13.2 Å². The molecule has 0 saturated carbocycles. The second-order valence-corrected chi connectivity index (χ2v) is 14.4. The van der Waals surface area contributed by atoms with Crippen molar-refractivity contribution in [3.63, 3.8) is 0 Å². The molecule has 0 aliphatic rings. The molecule has 0 amide bonds. The van der Waals surface area contributed by atoms with E-state index in [4.69, 9.17) is 9.68 Å². The Hall–Kier alpha value is -1.62. The molecule has 0 fully saturated rings. The van der Waals surface area contributed by atoms with E-state index in [1.165, 1.54) is 167 Å². The van der Waals surface area contributed by atoms with Crippen molar-refractivity contribution in [3.8, 4) is 0 Å². The van der Waals surface area contributed by atoms with Gasteiger partial charge >= 0.3 is 0 Å². The van der Waals surface area contributed by atoms with Gasteiger partial charge in [0.1, 0.15) is 13.1 Å². The maximum Gasteiger partial charge on any atom is 0.165 e. The van der Waals surface area contributed by atoms with E-state index >= 15 is 0 Å². The third kappa shape index (κ3) is 40.5. The van der Waals surface area contributed by atoms with Crippen molar-refractivity contribution in [2.45, 2.75) is 194 Å². The molecular formula is C42H82N3O2+. The number of hydrogen-bond acceptors (Lipinski definition) is 4. The highest BCUT2D eigenvalue weighted by molar-refractivity contribution is 5.56. The van der Waals surface area contributed by atoms with Crippen LogP contribution in [0.25, 0.3) is 0 Å². The second kappa shape index (κ2) is 38.8. The van der Waals surface area contributed by atoms with E-state index in [-0.39, 0.29) is 0 Å². The first-order valence-corrected chi connectivity index (χ1v) is 20.5. The van der Waals surface area contributed by atoms with Crippen LogP contribution in [0.1, 0.15) is 194 Å². The molecule has 0 aromatic carbocycles. The van der Waals surface area contributed by atoms with E-state index in [2.05, 4.69) is 62.6 Å². The number of quaternary nitrogens is 1. The summed E-state index contributed by atoms with van der Waals surface area (Å²) in [5.74, 6) is 0. The van der Waals surface area contributed by atoms with E-state index in [1.807, 2.05) is 12.4 Å². The van der Waals surface area contributed by atoms with Crippen LogP contribution in [0.2, 0.25) is 0 Å². The molecule has 0 aliphatic heterocycles. The minimum atomic E-state index is 0.634. The quantitative estimate of drug-likeness (QED) is 0.0217. The maximum absolute atomic E-state index is 5.51. The molecule has 0 saturated heterocycles. The zero-order chi connectivity index (χ0) is 34.2. The number of hydrogen-bond donors (Lipinski definition) is 0. The summed E-state index contributed by atoms with van der Waals surface area (Å²) >= 11 is 0.